The number of carbonyl (C=O) groups is 3. The second-order valence-corrected chi connectivity index (χ2v) is 11.5. The molecule has 0 spiro atoms. The van der Waals surface area contributed by atoms with Crippen molar-refractivity contribution in [2.45, 2.75) is 24.5 Å². The van der Waals surface area contributed by atoms with Gasteiger partial charge in [0.15, 0.2) is 11.4 Å². The standard InChI is InChI=1S/C27H28N4O8.H2O4S/c1-30(2)21-15-9-13-8-14-16(31-7-6-12(11-31)10-29-39-3)4-5-17(32)19(14)22(33)18(13)24(35)27(15,38)25(36)20(23(21)34)26(28)37;1-5(2,3)4/h4-7,10-11,13,15,21,32-33,36,38H,8-9H2,1-3H3,(H2,28,37);(H2,1,2,3,4)/t13-,15-,21-,27-;/m0./s1. The first-order valence-corrected chi connectivity index (χ1v) is 14.3. The molecule has 16 nitrogen and oxygen atoms in total. The molecule has 2 aromatic rings. The Balaban J connectivity index is 0.000000818. The zero-order valence-electron chi connectivity index (χ0n) is 23.6. The second-order valence-electron chi connectivity index (χ2n) is 10.6. The quantitative estimate of drug-likeness (QED) is 0.0996. The summed E-state index contributed by atoms with van der Waals surface area (Å²) in [6.07, 6.45) is 5.24. The maximum absolute atomic E-state index is 13.9. The van der Waals surface area contributed by atoms with Gasteiger partial charge in [0, 0.05) is 35.1 Å². The van der Waals surface area contributed by atoms with Gasteiger partial charge in [-0.3, -0.25) is 28.4 Å². The molecule has 1 heterocycles. The predicted molar refractivity (Wildman–Crippen MR) is 152 cm³/mol. The molecule has 8 N–H and O–H groups in total. The van der Waals surface area contributed by atoms with Crippen LogP contribution < -0.4 is 5.73 Å². The molecule has 0 unspecified atom stereocenters. The van der Waals surface area contributed by atoms with Gasteiger partial charge in [0.25, 0.3) is 5.91 Å². The summed E-state index contributed by atoms with van der Waals surface area (Å²) in [6, 6.07) is 3.70. The Labute approximate surface area is 250 Å². The van der Waals surface area contributed by atoms with Crippen molar-refractivity contribution in [3.05, 3.63) is 64.2 Å². The monoisotopic (exact) mass is 634 g/mol. The molecule has 0 bridgehead atoms. The number of aromatic nitrogens is 1. The fourth-order valence-electron chi connectivity index (χ4n) is 6.22. The smallest absolute Gasteiger partial charge is 0.394 e. The number of oxime groups is 1. The van der Waals surface area contributed by atoms with Crippen LogP contribution >= 0.6 is 0 Å². The number of hydrogen-bond donors (Lipinski definition) is 7. The van der Waals surface area contributed by atoms with E-state index >= 15 is 0 Å². The summed E-state index contributed by atoms with van der Waals surface area (Å²) < 4.78 is 33.4. The van der Waals surface area contributed by atoms with Gasteiger partial charge < -0.3 is 35.6 Å². The number of ketones is 2. The molecule has 1 aromatic carbocycles. The highest BCUT2D eigenvalue weighted by Crippen LogP contribution is 2.53. The number of aliphatic hydroxyl groups is 3. The van der Waals surface area contributed by atoms with E-state index in [1.54, 1.807) is 43.2 Å². The minimum absolute atomic E-state index is 0.0122. The Kier molecular flexibility index (Phi) is 8.47. The van der Waals surface area contributed by atoms with Crippen LogP contribution in [-0.4, -0.2) is 104 Å². The molecule has 44 heavy (non-hydrogen) atoms. The molecular weight excluding hydrogens is 604 g/mol. The maximum atomic E-state index is 13.9. The normalized spacial score (nSPS) is 24.9. The number of phenolic OH excluding ortho intramolecular Hbond substituents is 1. The molecule has 0 radical (unpaired) electrons. The van der Waals surface area contributed by atoms with Crippen LogP contribution in [0.5, 0.6) is 5.75 Å². The molecule has 4 atom stereocenters. The van der Waals surface area contributed by atoms with Crippen LogP contribution in [-0.2, 0) is 36.0 Å². The van der Waals surface area contributed by atoms with Gasteiger partial charge in [-0.05, 0) is 56.6 Å². The van der Waals surface area contributed by atoms with E-state index in [-0.39, 0.29) is 29.7 Å². The van der Waals surface area contributed by atoms with Gasteiger partial charge in [0.2, 0.25) is 5.78 Å². The molecule has 3 aliphatic carbocycles. The molecular formula is C27H30N4O12S. The van der Waals surface area contributed by atoms with E-state index in [4.69, 9.17) is 28.1 Å². The number of amides is 1. The highest BCUT2D eigenvalue weighted by Gasteiger charge is 2.64. The maximum Gasteiger partial charge on any atom is 0.394 e. The number of primary amides is 1. The minimum atomic E-state index is -4.67. The van der Waals surface area contributed by atoms with E-state index in [9.17, 15) is 34.8 Å². The molecule has 1 aromatic heterocycles. The average Bonchev–Trinajstić information content (AvgIpc) is 3.37. The van der Waals surface area contributed by atoms with Crippen molar-refractivity contribution in [1.82, 2.24) is 9.47 Å². The second kappa shape index (κ2) is 11.5. The Bertz CT molecular complexity index is 1750. The number of rotatable bonds is 5. The van der Waals surface area contributed by atoms with Crippen LogP contribution in [0.15, 0.2) is 52.7 Å². The summed E-state index contributed by atoms with van der Waals surface area (Å²) >= 11 is 0. The van der Waals surface area contributed by atoms with Crippen LogP contribution in [0.3, 0.4) is 0 Å². The van der Waals surface area contributed by atoms with E-state index in [0.717, 1.165) is 5.56 Å². The fourth-order valence-corrected chi connectivity index (χ4v) is 6.22. The third-order valence-corrected chi connectivity index (χ3v) is 7.88. The number of hydrogen-bond acceptors (Lipinski definition) is 12. The molecule has 3 aliphatic rings. The van der Waals surface area contributed by atoms with Crippen molar-refractivity contribution >= 4 is 39.8 Å². The van der Waals surface area contributed by atoms with Gasteiger partial charge in [0.1, 0.15) is 30.0 Å². The third kappa shape index (κ3) is 5.46. The van der Waals surface area contributed by atoms with Crippen LogP contribution in [0.4, 0.5) is 0 Å². The topological polar surface area (TPSA) is 263 Å². The lowest BCUT2D eigenvalue weighted by atomic mass is 9.57. The SMILES string of the molecule is CON=Cc1ccn(-c2ccc(O)c3c2C[C@H]2C[C@H]4[C@H](N(C)C)C(=O)C(C(N)=O)=C(O)[C@@]4(O)C(=O)C2=C3O)c1.O=S(=O)(O)O. The lowest BCUT2D eigenvalue weighted by Gasteiger charge is -2.50. The molecule has 1 amide bonds. The molecule has 17 heteroatoms. The fraction of sp³-hybridized carbons (Fsp3) is 0.333. The summed E-state index contributed by atoms with van der Waals surface area (Å²) in [5, 5.41) is 48.4. The number of phenols is 1. The first-order chi connectivity index (χ1) is 20.4. The molecule has 0 saturated heterocycles. The summed E-state index contributed by atoms with van der Waals surface area (Å²) in [5.74, 6) is -6.87. The lowest BCUT2D eigenvalue weighted by Crippen LogP contribution is -2.65. The zero-order valence-corrected chi connectivity index (χ0v) is 24.4. The Morgan fingerprint density at radius 3 is 2.39 bits per heavy atom. The lowest BCUT2D eigenvalue weighted by molar-refractivity contribution is -0.153. The van der Waals surface area contributed by atoms with Crippen LogP contribution in [0, 0.1) is 11.8 Å². The molecule has 236 valence electrons. The number of carbonyl (C=O) groups excluding carboxylic acids is 3. The van der Waals surface area contributed by atoms with Gasteiger partial charge in [-0.2, -0.15) is 8.42 Å². The van der Waals surface area contributed by atoms with Gasteiger partial charge in [-0.1, -0.05) is 5.16 Å². The Hall–Kier alpha value is -4.55. The average molecular weight is 635 g/mol. The molecule has 1 fully saturated rings. The highest BCUT2D eigenvalue weighted by molar-refractivity contribution is 7.79. The van der Waals surface area contributed by atoms with Gasteiger partial charge in [-0.15, -0.1) is 0 Å². The highest BCUT2D eigenvalue weighted by atomic mass is 32.3. The predicted octanol–water partition coefficient (Wildman–Crippen LogP) is 0.0822. The third-order valence-electron chi connectivity index (χ3n) is 7.88. The van der Waals surface area contributed by atoms with Gasteiger partial charge in [0.05, 0.1) is 17.8 Å². The number of fused-ring (bicyclic) bond motifs is 3. The van der Waals surface area contributed by atoms with Crippen molar-refractivity contribution in [1.29, 1.82) is 0 Å². The number of benzene rings is 1. The summed E-state index contributed by atoms with van der Waals surface area (Å²) in [5.41, 5.74) is 3.56. The Morgan fingerprint density at radius 1 is 1.18 bits per heavy atom. The molecule has 1 saturated carbocycles. The largest absolute Gasteiger partial charge is 0.508 e. The first-order valence-electron chi connectivity index (χ1n) is 12.9. The van der Waals surface area contributed by atoms with Crippen molar-refractivity contribution in [3.63, 3.8) is 0 Å². The van der Waals surface area contributed by atoms with E-state index in [0.29, 0.717) is 11.3 Å². The van der Waals surface area contributed by atoms with Gasteiger partial charge >= 0.3 is 10.4 Å². The summed E-state index contributed by atoms with van der Waals surface area (Å²) in [4.78, 5) is 45.4. The van der Waals surface area contributed by atoms with E-state index in [2.05, 4.69) is 5.16 Å². The van der Waals surface area contributed by atoms with Crippen LogP contribution in [0.1, 0.15) is 23.1 Å². The number of likely N-dealkylation sites (N-methyl/N-ethyl adjacent to an activating group) is 1. The van der Waals surface area contributed by atoms with E-state index in [1.807, 2.05) is 0 Å². The molecule has 0 aliphatic heterocycles. The number of aromatic hydroxyl groups is 1. The van der Waals surface area contributed by atoms with E-state index < -0.39 is 68.4 Å². The van der Waals surface area contributed by atoms with E-state index in [1.165, 1.54) is 24.3 Å². The number of nitrogens with two attached hydrogens (primary N) is 1. The van der Waals surface area contributed by atoms with Crippen molar-refractivity contribution in [2.75, 3.05) is 21.2 Å². The van der Waals surface area contributed by atoms with Crippen molar-refractivity contribution in [3.8, 4) is 11.4 Å². The van der Waals surface area contributed by atoms with Crippen LogP contribution in [0.25, 0.3) is 11.4 Å². The molecule has 5 rings (SSSR count). The minimum Gasteiger partial charge on any atom is -0.508 e. The number of Topliss-reactive ketones (excluding diaryl/α,β-unsaturated/α-hetero) is 2. The van der Waals surface area contributed by atoms with Gasteiger partial charge in [-0.25, -0.2) is 0 Å². The Morgan fingerprint density at radius 2 is 1.82 bits per heavy atom. The van der Waals surface area contributed by atoms with Crippen molar-refractivity contribution < 1.29 is 57.2 Å². The number of nitrogens with zero attached hydrogens (tertiary/aromatic N) is 3. The summed E-state index contributed by atoms with van der Waals surface area (Å²) in [6.45, 7) is 0. The first kappa shape index (κ1) is 32.4. The van der Waals surface area contributed by atoms with Crippen molar-refractivity contribution in [2.24, 2.45) is 22.7 Å². The zero-order chi connectivity index (χ0) is 32.9. The number of aliphatic hydroxyl groups excluding tert-OH is 2. The van der Waals surface area contributed by atoms with Crippen LogP contribution in [0.2, 0.25) is 0 Å². The summed E-state index contributed by atoms with van der Waals surface area (Å²) in [7, 11) is -0.131.